The fourth-order valence-electron chi connectivity index (χ4n) is 5.45. The number of rotatable bonds is 5. The minimum Gasteiger partial charge on any atom is -0.341 e. The Morgan fingerprint density at radius 1 is 0.900 bits per heavy atom. The summed E-state index contributed by atoms with van der Waals surface area (Å²) in [5.74, 6) is -0.108. The SMILES string of the molecule is CN1C(=O)N(C2CCN(C(=O)Cn3nc(-c4ccc(F)cc4)nc3-c3ccc(F)cc3)CC2)Cc2ccccc21. The monoisotopic (exact) mass is 542 g/mol. The van der Waals surface area contributed by atoms with Crippen molar-refractivity contribution in [3.63, 3.8) is 0 Å². The summed E-state index contributed by atoms with van der Waals surface area (Å²) in [5.41, 5.74) is 3.26. The summed E-state index contributed by atoms with van der Waals surface area (Å²) < 4.78 is 28.6. The average Bonchev–Trinajstić information content (AvgIpc) is 3.39. The van der Waals surface area contributed by atoms with Crippen molar-refractivity contribution in [1.82, 2.24) is 24.6 Å². The number of amides is 3. The fourth-order valence-corrected chi connectivity index (χ4v) is 5.45. The van der Waals surface area contributed by atoms with Gasteiger partial charge in [-0.3, -0.25) is 9.69 Å². The number of hydrogen-bond acceptors (Lipinski definition) is 4. The fraction of sp³-hybridized carbons (Fsp3) is 0.267. The second-order valence-corrected chi connectivity index (χ2v) is 10.1. The quantitative estimate of drug-likeness (QED) is 0.358. The van der Waals surface area contributed by atoms with Gasteiger partial charge in [-0.2, -0.15) is 0 Å². The Morgan fingerprint density at radius 3 is 2.20 bits per heavy atom. The lowest BCUT2D eigenvalue weighted by atomic mass is 10.0. The largest absolute Gasteiger partial charge is 0.341 e. The molecule has 2 aliphatic heterocycles. The molecule has 40 heavy (non-hydrogen) atoms. The standard InChI is InChI=1S/C30H28F2N6O2/c1-35-26-5-3-2-4-22(26)18-37(30(35)40)25-14-16-36(17-15-25)27(39)19-38-29(21-8-12-24(32)13-9-21)33-28(34-38)20-6-10-23(31)11-7-20/h2-13,25H,14-19H2,1H3. The molecule has 6 rings (SSSR count). The topological polar surface area (TPSA) is 74.6 Å². The first kappa shape index (κ1) is 25.7. The molecule has 0 aliphatic carbocycles. The van der Waals surface area contributed by atoms with Gasteiger partial charge < -0.3 is 9.80 Å². The number of urea groups is 1. The first-order valence-corrected chi connectivity index (χ1v) is 13.2. The number of anilines is 1. The summed E-state index contributed by atoms with van der Waals surface area (Å²) in [5, 5.41) is 4.56. The maximum atomic E-state index is 13.6. The van der Waals surface area contributed by atoms with E-state index in [1.807, 2.05) is 29.2 Å². The van der Waals surface area contributed by atoms with Gasteiger partial charge in [0.05, 0.1) is 5.69 Å². The number of carbonyl (C=O) groups excluding carboxylic acids is 2. The molecule has 0 radical (unpaired) electrons. The highest BCUT2D eigenvalue weighted by atomic mass is 19.1. The van der Waals surface area contributed by atoms with Crippen molar-refractivity contribution < 1.29 is 18.4 Å². The third-order valence-electron chi connectivity index (χ3n) is 7.65. The molecule has 3 amide bonds. The van der Waals surface area contributed by atoms with E-state index < -0.39 is 0 Å². The van der Waals surface area contributed by atoms with Crippen LogP contribution in [0.5, 0.6) is 0 Å². The number of benzene rings is 3. The number of hydrogen-bond donors (Lipinski definition) is 0. The molecule has 1 aromatic heterocycles. The Hall–Kier alpha value is -4.60. The van der Waals surface area contributed by atoms with Gasteiger partial charge in [-0.1, -0.05) is 18.2 Å². The number of carbonyl (C=O) groups is 2. The van der Waals surface area contributed by atoms with E-state index in [2.05, 4.69) is 10.1 Å². The van der Waals surface area contributed by atoms with Crippen molar-refractivity contribution in [3.8, 4) is 22.8 Å². The van der Waals surface area contributed by atoms with E-state index in [0.29, 0.717) is 55.3 Å². The van der Waals surface area contributed by atoms with Crippen molar-refractivity contribution >= 4 is 17.6 Å². The van der Waals surface area contributed by atoms with Crippen LogP contribution in [-0.2, 0) is 17.9 Å². The Balaban J connectivity index is 1.17. The third kappa shape index (κ3) is 4.92. The van der Waals surface area contributed by atoms with Gasteiger partial charge in [-0.25, -0.2) is 23.2 Å². The summed E-state index contributed by atoms with van der Waals surface area (Å²) in [4.78, 5) is 36.5. The van der Waals surface area contributed by atoms with Crippen molar-refractivity contribution in [2.45, 2.75) is 32.0 Å². The van der Waals surface area contributed by atoms with E-state index in [9.17, 15) is 18.4 Å². The second-order valence-electron chi connectivity index (χ2n) is 10.1. The summed E-state index contributed by atoms with van der Waals surface area (Å²) in [6.07, 6.45) is 1.35. The highest BCUT2D eigenvalue weighted by molar-refractivity contribution is 5.94. The van der Waals surface area contributed by atoms with E-state index in [-0.39, 0.29) is 36.2 Å². The molecule has 4 aromatic rings. The van der Waals surface area contributed by atoms with Gasteiger partial charge in [0.25, 0.3) is 0 Å². The van der Waals surface area contributed by atoms with Crippen LogP contribution in [0.1, 0.15) is 18.4 Å². The average molecular weight is 543 g/mol. The Bertz CT molecular complexity index is 1550. The van der Waals surface area contributed by atoms with Gasteiger partial charge >= 0.3 is 6.03 Å². The molecule has 10 heteroatoms. The van der Waals surface area contributed by atoms with Crippen LogP contribution in [0.15, 0.2) is 72.8 Å². The molecule has 0 bridgehead atoms. The molecule has 3 heterocycles. The van der Waals surface area contributed by atoms with E-state index in [1.54, 1.807) is 41.1 Å². The minimum atomic E-state index is -0.380. The zero-order valence-corrected chi connectivity index (χ0v) is 22.0. The molecule has 1 saturated heterocycles. The van der Waals surface area contributed by atoms with Gasteiger partial charge in [0, 0.05) is 43.9 Å². The van der Waals surface area contributed by atoms with E-state index in [0.717, 1.165) is 11.3 Å². The van der Waals surface area contributed by atoms with Gasteiger partial charge in [-0.15, -0.1) is 5.10 Å². The molecular formula is C30H28F2N6O2. The van der Waals surface area contributed by atoms with Crippen LogP contribution >= 0.6 is 0 Å². The smallest absolute Gasteiger partial charge is 0.324 e. The van der Waals surface area contributed by atoms with Crippen molar-refractivity contribution in [2.24, 2.45) is 0 Å². The molecule has 0 N–H and O–H groups in total. The van der Waals surface area contributed by atoms with Crippen LogP contribution in [0, 0.1) is 11.6 Å². The molecule has 0 saturated carbocycles. The Morgan fingerprint density at radius 2 is 1.52 bits per heavy atom. The summed E-state index contributed by atoms with van der Waals surface area (Å²) >= 11 is 0. The molecule has 3 aromatic carbocycles. The third-order valence-corrected chi connectivity index (χ3v) is 7.65. The normalized spacial score (nSPS) is 15.9. The van der Waals surface area contributed by atoms with Gasteiger partial charge in [0.15, 0.2) is 11.6 Å². The molecule has 204 valence electrons. The van der Waals surface area contributed by atoms with Gasteiger partial charge in [-0.05, 0) is 73.0 Å². The van der Waals surface area contributed by atoms with E-state index in [1.165, 1.54) is 28.9 Å². The summed E-state index contributed by atoms with van der Waals surface area (Å²) in [6, 6.07) is 19.6. The van der Waals surface area contributed by atoms with Crippen LogP contribution in [0.2, 0.25) is 0 Å². The number of likely N-dealkylation sites (tertiary alicyclic amines) is 1. The Labute approximate surface area is 230 Å². The van der Waals surface area contributed by atoms with Gasteiger partial charge in [0.2, 0.25) is 5.91 Å². The highest BCUT2D eigenvalue weighted by Gasteiger charge is 2.35. The highest BCUT2D eigenvalue weighted by Crippen LogP contribution is 2.31. The van der Waals surface area contributed by atoms with Crippen LogP contribution in [-0.4, -0.2) is 62.7 Å². The first-order valence-electron chi connectivity index (χ1n) is 13.2. The maximum absolute atomic E-state index is 13.6. The van der Waals surface area contributed by atoms with Crippen molar-refractivity contribution in [1.29, 1.82) is 0 Å². The summed E-state index contributed by atoms with van der Waals surface area (Å²) in [7, 11) is 1.79. The number of piperidine rings is 1. The van der Waals surface area contributed by atoms with E-state index in [4.69, 9.17) is 0 Å². The number of para-hydroxylation sites is 1. The molecule has 0 atom stereocenters. The Kier molecular flexibility index (Phi) is 6.75. The predicted octanol–water partition coefficient (Wildman–Crippen LogP) is 4.95. The molecular weight excluding hydrogens is 514 g/mol. The van der Waals surface area contributed by atoms with Crippen LogP contribution in [0.3, 0.4) is 0 Å². The first-order chi connectivity index (χ1) is 19.4. The van der Waals surface area contributed by atoms with Crippen LogP contribution in [0.4, 0.5) is 19.3 Å². The lowest BCUT2D eigenvalue weighted by Crippen LogP contribution is -2.54. The molecule has 0 spiro atoms. The maximum Gasteiger partial charge on any atom is 0.324 e. The number of halogens is 2. The zero-order chi connectivity index (χ0) is 27.8. The lowest BCUT2D eigenvalue weighted by molar-refractivity contribution is -0.133. The number of aromatic nitrogens is 3. The van der Waals surface area contributed by atoms with Gasteiger partial charge in [0.1, 0.15) is 18.2 Å². The van der Waals surface area contributed by atoms with Crippen molar-refractivity contribution in [2.75, 3.05) is 25.0 Å². The second kappa shape index (κ2) is 10.5. The minimum absolute atomic E-state index is 0.0247. The molecule has 1 fully saturated rings. The van der Waals surface area contributed by atoms with Crippen molar-refractivity contribution in [3.05, 3.63) is 90.0 Å². The molecule has 8 nitrogen and oxygen atoms in total. The summed E-state index contributed by atoms with van der Waals surface area (Å²) in [6.45, 7) is 1.54. The predicted molar refractivity (Wildman–Crippen MR) is 146 cm³/mol. The lowest BCUT2D eigenvalue weighted by Gasteiger charge is -2.43. The number of nitrogens with zero attached hydrogens (tertiary/aromatic N) is 6. The zero-order valence-electron chi connectivity index (χ0n) is 22.0. The van der Waals surface area contributed by atoms with E-state index >= 15 is 0 Å². The molecule has 2 aliphatic rings. The van der Waals surface area contributed by atoms with Crippen LogP contribution in [0.25, 0.3) is 22.8 Å². The molecule has 0 unspecified atom stereocenters. The van der Waals surface area contributed by atoms with Crippen LogP contribution < -0.4 is 4.90 Å². The number of fused-ring (bicyclic) bond motifs is 1.